The molecule has 0 aliphatic carbocycles. The summed E-state index contributed by atoms with van der Waals surface area (Å²) in [5, 5.41) is 0. The number of nitrogens with zero attached hydrogens (tertiary/aromatic N) is 4. The molecule has 1 saturated heterocycles. The molecule has 0 saturated carbocycles. The molecule has 1 aromatic rings. The first-order valence-corrected chi connectivity index (χ1v) is 7.42. The predicted molar refractivity (Wildman–Crippen MR) is 81.3 cm³/mol. The largest absolute Gasteiger partial charge is 0.433 e. The number of piperidine rings is 1. The van der Waals surface area contributed by atoms with Gasteiger partial charge in [-0.25, -0.2) is 9.78 Å². The zero-order valence-corrected chi connectivity index (χ0v) is 13.5. The fraction of sp³-hybridized carbons (Fsp3) is 0.600. The Kier molecular flexibility index (Phi) is 5.01. The molecule has 128 valence electrons. The summed E-state index contributed by atoms with van der Waals surface area (Å²) in [5.74, 6) is 0. The molecule has 1 aliphatic rings. The van der Waals surface area contributed by atoms with Gasteiger partial charge in [0.05, 0.1) is 11.9 Å². The average Bonchev–Trinajstić information content (AvgIpc) is 2.53. The molecule has 1 aromatic heterocycles. The lowest BCUT2D eigenvalue weighted by Crippen LogP contribution is -2.48. The van der Waals surface area contributed by atoms with Gasteiger partial charge < -0.3 is 14.7 Å². The summed E-state index contributed by atoms with van der Waals surface area (Å²) >= 11 is 0. The maximum atomic E-state index is 12.5. The van der Waals surface area contributed by atoms with Crippen LogP contribution >= 0.6 is 0 Å². The van der Waals surface area contributed by atoms with Gasteiger partial charge in [0.1, 0.15) is 5.69 Å². The number of amides is 2. The van der Waals surface area contributed by atoms with Crippen LogP contribution in [0.3, 0.4) is 0 Å². The first-order chi connectivity index (χ1) is 10.7. The van der Waals surface area contributed by atoms with E-state index >= 15 is 0 Å². The maximum absolute atomic E-state index is 12.5. The van der Waals surface area contributed by atoms with Crippen molar-refractivity contribution >= 4 is 11.7 Å². The van der Waals surface area contributed by atoms with Crippen LogP contribution in [0.25, 0.3) is 0 Å². The van der Waals surface area contributed by atoms with Gasteiger partial charge in [-0.3, -0.25) is 0 Å². The van der Waals surface area contributed by atoms with Gasteiger partial charge in [0, 0.05) is 40.3 Å². The Balaban J connectivity index is 1.95. The number of rotatable bonds is 2. The number of alkyl halides is 3. The van der Waals surface area contributed by atoms with Crippen LogP contribution < -0.4 is 4.90 Å². The third-order valence-corrected chi connectivity index (χ3v) is 4.10. The van der Waals surface area contributed by atoms with Crippen LogP contribution in [0.4, 0.5) is 23.7 Å². The number of pyridine rings is 1. The molecule has 0 N–H and O–H groups in total. The highest BCUT2D eigenvalue weighted by molar-refractivity contribution is 5.73. The number of hydrogen-bond acceptors (Lipinski definition) is 3. The van der Waals surface area contributed by atoms with Crippen molar-refractivity contribution in [3.05, 3.63) is 24.0 Å². The third-order valence-electron chi connectivity index (χ3n) is 4.10. The Bertz CT molecular complexity index is 537. The van der Waals surface area contributed by atoms with Gasteiger partial charge in [0.2, 0.25) is 0 Å². The van der Waals surface area contributed by atoms with E-state index in [0.717, 1.165) is 18.9 Å². The molecule has 2 rings (SSSR count). The molecule has 1 fully saturated rings. The van der Waals surface area contributed by atoms with Crippen molar-refractivity contribution in [2.24, 2.45) is 0 Å². The zero-order chi connectivity index (χ0) is 17.2. The molecule has 2 heterocycles. The molecule has 2 amide bonds. The van der Waals surface area contributed by atoms with Crippen LogP contribution in [-0.2, 0) is 6.18 Å². The number of aromatic nitrogens is 1. The first-order valence-electron chi connectivity index (χ1n) is 7.42. The van der Waals surface area contributed by atoms with Gasteiger partial charge in [0.25, 0.3) is 0 Å². The molecular formula is C15H21F3N4O. The van der Waals surface area contributed by atoms with E-state index in [2.05, 4.69) is 4.98 Å². The van der Waals surface area contributed by atoms with Gasteiger partial charge in [-0.15, -0.1) is 0 Å². The Hall–Kier alpha value is -1.99. The van der Waals surface area contributed by atoms with Gasteiger partial charge in [-0.05, 0) is 25.0 Å². The van der Waals surface area contributed by atoms with Gasteiger partial charge in [-0.1, -0.05) is 0 Å². The van der Waals surface area contributed by atoms with Crippen molar-refractivity contribution in [3.63, 3.8) is 0 Å². The van der Waals surface area contributed by atoms with Crippen molar-refractivity contribution in [2.75, 3.05) is 39.1 Å². The second kappa shape index (κ2) is 6.64. The van der Waals surface area contributed by atoms with E-state index in [1.807, 2.05) is 4.90 Å². The standard InChI is InChI=1S/C15H21F3N4O/c1-20(2)14(23)21(3)11-6-8-22(9-7-11)12-4-5-13(19-10-12)15(16,17)18/h4-5,10-11H,6-9H2,1-3H3. The SMILES string of the molecule is CN(C)C(=O)N(C)C1CCN(c2ccc(C(F)(F)F)nc2)CC1. The smallest absolute Gasteiger partial charge is 0.370 e. The lowest BCUT2D eigenvalue weighted by Gasteiger charge is -2.38. The summed E-state index contributed by atoms with van der Waals surface area (Å²) in [6, 6.07) is 2.55. The molecule has 0 aromatic carbocycles. The molecule has 0 atom stereocenters. The van der Waals surface area contributed by atoms with Crippen molar-refractivity contribution in [2.45, 2.75) is 25.1 Å². The molecule has 1 aliphatic heterocycles. The predicted octanol–water partition coefficient (Wildman–Crippen LogP) is 2.68. The number of hydrogen-bond donors (Lipinski definition) is 0. The van der Waals surface area contributed by atoms with Crippen LogP contribution in [0, 0.1) is 0 Å². The van der Waals surface area contributed by atoms with Gasteiger partial charge in [-0.2, -0.15) is 13.2 Å². The normalized spacial score (nSPS) is 16.3. The van der Waals surface area contributed by atoms with Crippen LogP contribution in [0.2, 0.25) is 0 Å². The quantitative estimate of drug-likeness (QED) is 0.837. The van der Waals surface area contributed by atoms with E-state index in [4.69, 9.17) is 0 Å². The molecule has 0 spiro atoms. The Morgan fingerprint density at radius 2 is 1.83 bits per heavy atom. The monoisotopic (exact) mass is 330 g/mol. The number of carbonyl (C=O) groups excluding carboxylic acids is 1. The topological polar surface area (TPSA) is 39.7 Å². The Labute approximate surface area is 133 Å². The number of anilines is 1. The lowest BCUT2D eigenvalue weighted by molar-refractivity contribution is -0.141. The summed E-state index contributed by atoms with van der Waals surface area (Å²) in [5.41, 5.74) is -0.203. The summed E-state index contributed by atoms with van der Waals surface area (Å²) in [6.07, 6.45) is -1.60. The molecular weight excluding hydrogens is 309 g/mol. The highest BCUT2D eigenvalue weighted by Gasteiger charge is 2.32. The van der Waals surface area contributed by atoms with E-state index in [9.17, 15) is 18.0 Å². The van der Waals surface area contributed by atoms with E-state index < -0.39 is 11.9 Å². The van der Waals surface area contributed by atoms with Crippen molar-refractivity contribution < 1.29 is 18.0 Å². The van der Waals surface area contributed by atoms with Crippen LogP contribution in [0.15, 0.2) is 18.3 Å². The van der Waals surface area contributed by atoms with E-state index in [-0.39, 0.29) is 12.1 Å². The second-order valence-corrected chi connectivity index (χ2v) is 5.91. The lowest BCUT2D eigenvalue weighted by atomic mass is 10.0. The zero-order valence-electron chi connectivity index (χ0n) is 13.5. The summed E-state index contributed by atoms with van der Waals surface area (Å²) in [7, 11) is 5.20. The minimum Gasteiger partial charge on any atom is -0.370 e. The Morgan fingerprint density at radius 1 is 1.22 bits per heavy atom. The molecule has 8 heteroatoms. The minimum absolute atomic E-state index is 0.0420. The third kappa shape index (κ3) is 4.05. The van der Waals surface area contributed by atoms with E-state index in [1.54, 1.807) is 26.0 Å². The number of carbonyl (C=O) groups is 1. The Morgan fingerprint density at radius 3 is 2.26 bits per heavy atom. The van der Waals surface area contributed by atoms with Crippen molar-refractivity contribution in [1.82, 2.24) is 14.8 Å². The summed E-state index contributed by atoms with van der Waals surface area (Å²) in [4.78, 5) is 20.7. The molecule has 0 radical (unpaired) electrons. The molecule has 5 nitrogen and oxygen atoms in total. The first kappa shape index (κ1) is 17.4. The summed E-state index contributed by atoms with van der Waals surface area (Å²) < 4.78 is 37.6. The fourth-order valence-corrected chi connectivity index (χ4v) is 2.72. The highest BCUT2D eigenvalue weighted by Crippen LogP contribution is 2.29. The highest BCUT2D eigenvalue weighted by atomic mass is 19.4. The van der Waals surface area contributed by atoms with Gasteiger partial charge >= 0.3 is 12.2 Å². The van der Waals surface area contributed by atoms with E-state index in [0.29, 0.717) is 18.8 Å². The summed E-state index contributed by atoms with van der Waals surface area (Å²) in [6.45, 7) is 1.37. The van der Waals surface area contributed by atoms with Crippen LogP contribution in [0.1, 0.15) is 18.5 Å². The van der Waals surface area contributed by atoms with Crippen molar-refractivity contribution in [3.8, 4) is 0 Å². The molecule has 0 unspecified atom stereocenters. The minimum atomic E-state index is -4.42. The average molecular weight is 330 g/mol. The van der Waals surface area contributed by atoms with Crippen molar-refractivity contribution in [1.29, 1.82) is 0 Å². The van der Waals surface area contributed by atoms with Crippen LogP contribution in [-0.4, -0.2) is 61.1 Å². The number of halogens is 3. The maximum Gasteiger partial charge on any atom is 0.433 e. The number of urea groups is 1. The second-order valence-electron chi connectivity index (χ2n) is 5.91. The van der Waals surface area contributed by atoms with E-state index in [1.165, 1.54) is 17.2 Å². The fourth-order valence-electron chi connectivity index (χ4n) is 2.72. The van der Waals surface area contributed by atoms with Crippen LogP contribution in [0.5, 0.6) is 0 Å². The van der Waals surface area contributed by atoms with Gasteiger partial charge in [0.15, 0.2) is 0 Å². The molecule has 23 heavy (non-hydrogen) atoms. The molecule has 0 bridgehead atoms.